The van der Waals surface area contributed by atoms with Crippen LogP contribution in [0.3, 0.4) is 0 Å². The van der Waals surface area contributed by atoms with Crippen LogP contribution >= 0.6 is 0 Å². The van der Waals surface area contributed by atoms with E-state index in [9.17, 15) is 4.39 Å². The number of anilines is 1. The Morgan fingerprint density at radius 1 is 1.17 bits per heavy atom. The van der Waals surface area contributed by atoms with E-state index in [0.29, 0.717) is 5.69 Å². The van der Waals surface area contributed by atoms with Crippen LogP contribution in [0.15, 0.2) is 42.6 Å². The lowest BCUT2D eigenvalue weighted by atomic mass is 10.1. The fraction of sp³-hybridized carbons (Fsp3) is 0.0714. The minimum Gasteiger partial charge on any atom is -0.399 e. The first-order chi connectivity index (χ1) is 8.65. The Kier molecular flexibility index (Phi) is 2.30. The molecule has 0 amide bonds. The molecule has 0 aliphatic heterocycles. The molecule has 0 aliphatic rings. The second-order valence-electron chi connectivity index (χ2n) is 4.23. The SMILES string of the molecule is Cc1nc(-c2ccc(F)cc2)c2cc(N)ccn12. The van der Waals surface area contributed by atoms with Gasteiger partial charge in [-0.05, 0) is 43.3 Å². The van der Waals surface area contributed by atoms with Crippen LogP contribution in [-0.4, -0.2) is 9.38 Å². The Morgan fingerprint density at radius 3 is 2.61 bits per heavy atom. The minimum atomic E-state index is -0.251. The molecular formula is C14H12FN3. The van der Waals surface area contributed by atoms with Gasteiger partial charge in [0.1, 0.15) is 11.6 Å². The van der Waals surface area contributed by atoms with Crippen molar-refractivity contribution in [2.24, 2.45) is 0 Å². The van der Waals surface area contributed by atoms with Gasteiger partial charge in [-0.3, -0.25) is 0 Å². The topological polar surface area (TPSA) is 43.3 Å². The van der Waals surface area contributed by atoms with Crippen molar-refractivity contribution >= 4 is 11.2 Å². The molecule has 90 valence electrons. The summed E-state index contributed by atoms with van der Waals surface area (Å²) in [6, 6.07) is 10.0. The van der Waals surface area contributed by atoms with Crippen LogP contribution in [0.1, 0.15) is 5.82 Å². The highest BCUT2D eigenvalue weighted by molar-refractivity contribution is 5.79. The number of benzene rings is 1. The fourth-order valence-corrected chi connectivity index (χ4v) is 2.07. The molecule has 2 N–H and O–H groups in total. The minimum absolute atomic E-state index is 0.251. The van der Waals surface area contributed by atoms with Crippen molar-refractivity contribution in [2.45, 2.75) is 6.92 Å². The molecule has 2 heterocycles. The van der Waals surface area contributed by atoms with Gasteiger partial charge in [0.15, 0.2) is 0 Å². The van der Waals surface area contributed by atoms with Crippen LogP contribution in [-0.2, 0) is 0 Å². The number of hydrogen-bond donors (Lipinski definition) is 1. The number of rotatable bonds is 1. The lowest BCUT2D eigenvalue weighted by Crippen LogP contribution is -1.90. The van der Waals surface area contributed by atoms with Crippen molar-refractivity contribution in [2.75, 3.05) is 5.73 Å². The molecule has 0 atom stereocenters. The van der Waals surface area contributed by atoms with Crippen LogP contribution < -0.4 is 5.73 Å². The van der Waals surface area contributed by atoms with Crippen LogP contribution in [0.4, 0.5) is 10.1 Å². The lowest BCUT2D eigenvalue weighted by molar-refractivity contribution is 0.628. The maximum absolute atomic E-state index is 12.9. The number of pyridine rings is 1. The highest BCUT2D eigenvalue weighted by atomic mass is 19.1. The van der Waals surface area contributed by atoms with E-state index < -0.39 is 0 Å². The van der Waals surface area contributed by atoms with E-state index in [4.69, 9.17) is 5.73 Å². The number of halogens is 1. The van der Waals surface area contributed by atoms with Crippen molar-refractivity contribution in [3.63, 3.8) is 0 Å². The summed E-state index contributed by atoms with van der Waals surface area (Å²) in [6.45, 7) is 1.93. The normalized spacial score (nSPS) is 11.0. The van der Waals surface area contributed by atoms with E-state index in [0.717, 1.165) is 22.6 Å². The number of imidazole rings is 1. The largest absolute Gasteiger partial charge is 0.399 e. The maximum atomic E-state index is 12.9. The molecule has 4 heteroatoms. The molecule has 3 nitrogen and oxygen atoms in total. The van der Waals surface area contributed by atoms with E-state index >= 15 is 0 Å². The van der Waals surface area contributed by atoms with Gasteiger partial charge < -0.3 is 10.1 Å². The van der Waals surface area contributed by atoms with Gasteiger partial charge in [0.05, 0.1) is 11.2 Å². The van der Waals surface area contributed by atoms with Crippen molar-refractivity contribution in [1.29, 1.82) is 0 Å². The first-order valence-electron chi connectivity index (χ1n) is 5.65. The summed E-state index contributed by atoms with van der Waals surface area (Å²) in [6.07, 6.45) is 1.89. The summed E-state index contributed by atoms with van der Waals surface area (Å²) in [5.74, 6) is 0.628. The summed E-state index contributed by atoms with van der Waals surface area (Å²) in [5, 5.41) is 0. The zero-order chi connectivity index (χ0) is 12.7. The van der Waals surface area contributed by atoms with Crippen molar-refractivity contribution in [3.8, 4) is 11.3 Å². The number of nitrogen functional groups attached to an aromatic ring is 1. The summed E-state index contributed by atoms with van der Waals surface area (Å²) in [4.78, 5) is 4.52. The Balaban J connectivity index is 2.28. The van der Waals surface area contributed by atoms with E-state index in [1.165, 1.54) is 12.1 Å². The molecule has 0 spiro atoms. The lowest BCUT2D eigenvalue weighted by Gasteiger charge is -2.00. The van der Waals surface area contributed by atoms with Gasteiger partial charge in [-0.1, -0.05) is 0 Å². The molecule has 0 radical (unpaired) electrons. The second kappa shape index (κ2) is 3.84. The maximum Gasteiger partial charge on any atom is 0.123 e. The highest BCUT2D eigenvalue weighted by Gasteiger charge is 2.10. The first kappa shape index (κ1) is 10.8. The molecule has 0 aliphatic carbocycles. The third kappa shape index (κ3) is 1.62. The van der Waals surface area contributed by atoms with Gasteiger partial charge in [-0.15, -0.1) is 0 Å². The molecule has 2 aromatic heterocycles. The van der Waals surface area contributed by atoms with E-state index in [1.54, 1.807) is 12.1 Å². The van der Waals surface area contributed by atoms with Gasteiger partial charge in [-0.25, -0.2) is 9.37 Å². The molecular weight excluding hydrogens is 229 g/mol. The predicted molar refractivity (Wildman–Crippen MR) is 69.7 cm³/mol. The third-order valence-corrected chi connectivity index (χ3v) is 2.96. The molecule has 1 aromatic carbocycles. The third-order valence-electron chi connectivity index (χ3n) is 2.96. The van der Waals surface area contributed by atoms with Crippen LogP contribution in [0.5, 0.6) is 0 Å². The quantitative estimate of drug-likeness (QED) is 0.711. The van der Waals surface area contributed by atoms with Crippen molar-refractivity contribution < 1.29 is 4.39 Å². The number of nitrogens with two attached hydrogens (primary N) is 1. The van der Waals surface area contributed by atoms with E-state index in [1.807, 2.05) is 29.7 Å². The Bertz CT molecular complexity index is 714. The Hall–Kier alpha value is -2.36. The van der Waals surface area contributed by atoms with Crippen molar-refractivity contribution in [3.05, 3.63) is 54.2 Å². The number of hydrogen-bond acceptors (Lipinski definition) is 2. The summed E-state index contributed by atoms with van der Waals surface area (Å²) in [7, 11) is 0. The van der Waals surface area contributed by atoms with Crippen LogP contribution in [0, 0.1) is 12.7 Å². The molecule has 0 unspecified atom stereocenters. The van der Waals surface area contributed by atoms with Crippen molar-refractivity contribution in [1.82, 2.24) is 9.38 Å². The fourth-order valence-electron chi connectivity index (χ4n) is 2.07. The monoisotopic (exact) mass is 241 g/mol. The van der Waals surface area contributed by atoms with E-state index in [2.05, 4.69) is 4.98 Å². The predicted octanol–water partition coefficient (Wildman–Crippen LogP) is 3.03. The van der Waals surface area contributed by atoms with E-state index in [-0.39, 0.29) is 5.82 Å². The zero-order valence-corrected chi connectivity index (χ0v) is 9.89. The molecule has 3 aromatic rings. The average Bonchev–Trinajstić information content (AvgIpc) is 2.67. The molecule has 3 rings (SSSR count). The average molecular weight is 241 g/mol. The first-order valence-corrected chi connectivity index (χ1v) is 5.65. The highest BCUT2D eigenvalue weighted by Crippen LogP contribution is 2.26. The second-order valence-corrected chi connectivity index (χ2v) is 4.23. The Morgan fingerprint density at radius 2 is 1.89 bits per heavy atom. The standard InChI is InChI=1S/C14H12FN3/c1-9-17-14(10-2-4-11(15)5-3-10)13-8-12(16)6-7-18(9)13/h2-8H,16H2,1H3. The number of aryl methyl sites for hydroxylation is 1. The van der Waals surface area contributed by atoms with Gasteiger partial charge in [0.2, 0.25) is 0 Å². The molecule has 0 saturated heterocycles. The Labute approximate surface area is 104 Å². The number of aromatic nitrogens is 2. The number of nitrogens with zero attached hydrogens (tertiary/aromatic N) is 2. The summed E-state index contributed by atoms with van der Waals surface area (Å²) >= 11 is 0. The molecule has 18 heavy (non-hydrogen) atoms. The van der Waals surface area contributed by atoms with Gasteiger partial charge in [0.25, 0.3) is 0 Å². The van der Waals surface area contributed by atoms with Gasteiger partial charge in [-0.2, -0.15) is 0 Å². The van der Waals surface area contributed by atoms with Gasteiger partial charge >= 0.3 is 0 Å². The van der Waals surface area contributed by atoms with Crippen LogP contribution in [0.25, 0.3) is 16.8 Å². The number of fused-ring (bicyclic) bond motifs is 1. The summed E-state index contributed by atoms with van der Waals surface area (Å²) < 4.78 is 14.9. The molecule has 0 fully saturated rings. The zero-order valence-electron chi connectivity index (χ0n) is 9.89. The molecule has 0 bridgehead atoms. The van der Waals surface area contributed by atoms with Gasteiger partial charge in [0, 0.05) is 17.4 Å². The molecule has 0 saturated carbocycles. The smallest absolute Gasteiger partial charge is 0.123 e. The summed E-state index contributed by atoms with van der Waals surface area (Å²) in [5.41, 5.74) is 9.12. The van der Waals surface area contributed by atoms with Crippen LogP contribution in [0.2, 0.25) is 0 Å².